The van der Waals surface area contributed by atoms with Crippen LogP contribution >= 0.6 is 0 Å². The van der Waals surface area contributed by atoms with E-state index in [1.807, 2.05) is 37.3 Å². The van der Waals surface area contributed by atoms with Crippen LogP contribution in [0.2, 0.25) is 0 Å². The van der Waals surface area contributed by atoms with Crippen molar-refractivity contribution in [2.45, 2.75) is 32.5 Å². The maximum Gasteiger partial charge on any atom is 0.262 e. The van der Waals surface area contributed by atoms with E-state index in [4.69, 9.17) is 13.9 Å². The molecule has 1 N–H and O–H groups in total. The number of nitrogens with zero attached hydrogens (tertiary/aromatic N) is 1. The van der Waals surface area contributed by atoms with Crippen molar-refractivity contribution in [2.75, 3.05) is 13.2 Å². The number of amides is 1. The highest BCUT2D eigenvalue weighted by atomic mass is 16.5. The van der Waals surface area contributed by atoms with Crippen LogP contribution in [0.1, 0.15) is 29.9 Å². The zero-order valence-corrected chi connectivity index (χ0v) is 15.2. The summed E-state index contributed by atoms with van der Waals surface area (Å²) in [5.74, 6) is 1.41. The lowest BCUT2D eigenvalue weighted by molar-refractivity contribution is -0.117. The number of hydrogen-bond donors (Lipinski definition) is 1. The van der Waals surface area contributed by atoms with Crippen LogP contribution < -0.4 is 10.1 Å². The van der Waals surface area contributed by atoms with Crippen LogP contribution in [0.5, 0.6) is 5.75 Å². The molecular weight excluding hydrogens is 344 g/mol. The molecule has 1 amide bonds. The van der Waals surface area contributed by atoms with Crippen molar-refractivity contribution in [3.8, 4) is 11.8 Å². The summed E-state index contributed by atoms with van der Waals surface area (Å²) in [5.41, 5.74) is 1.03. The third kappa shape index (κ3) is 5.22. The molecule has 6 nitrogen and oxygen atoms in total. The summed E-state index contributed by atoms with van der Waals surface area (Å²) in [4.78, 5) is 12.2. The Hall–Kier alpha value is -3.04. The second-order valence-corrected chi connectivity index (χ2v) is 6.37. The minimum atomic E-state index is -0.429. The van der Waals surface area contributed by atoms with Gasteiger partial charge in [0.2, 0.25) is 0 Å². The minimum absolute atomic E-state index is 0.00582. The molecule has 1 aromatic heterocycles. The lowest BCUT2D eigenvalue weighted by atomic mass is 10.2. The number of aryl methyl sites for hydroxylation is 1. The number of nitriles is 1. The topological polar surface area (TPSA) is 84.5 Å². The van der Waals surface area contributed by atoms with Gasteiger partial charge in [-0.05, 0) is 43.5 Å². The van der Waals surface area contributed by atoms with Crippen LogP contribution in [0.3, 0.4) is 0 Å². The average Bonchev–Trinajstić information content (AvgIpc) is 3.35. The van der Waals surface area contributed by atoms with Gasteiger partial charge in [-0.1, -0.05) is 18.2 Å². The number of furan rings is 1. The maximum atomic E-state index is 12.2. The van der Waals surface area contributed by atoms with E-state index < -0.39 is 5.91 Å². The van der Waals surface area contributed by atoms with E-state index in [9.17, 15) is 10.1 Å². The monoisotopic (exact) mass is 366 g/mol. The van der Waals surface area contributed by atoms with Gasteiger partial charge in [0.25, 0.3) is 5.91 Å². The number of nitrogens with one attached hydrogen (secondary N) is 1. The van der Waals surface area contributed by atoms with E-state index in [1.54, 1.807) is 12.1 Å². The normalized spacial score (nSPS) is 16.7. The molecule has 3 rings (SSSR count). The molecule has 27 heavy (non-hydrogen) atoms. The predicted molar refractivity (Wildman–Crippen MR) is 99.8 cm³/mol. The Labute approximate surface area is 158 Å². The van der Waals surface area contributed by atoms with E-state index in [1.165, 1.54) is 6.08 Å². The number of para-hydroxylation sites is 1. The van der Waals surface area contributed by atoms with Crippen molar-refractivity contribution < 1.29 is 18.7 Å². The molecule has 1 atom stereocenters. The van der Waals surface area contributed by atoms with Crippen LogP contribution in [-0.4, -0.2) is 25.2 Å². The Bertz CT molecular complexity index is 857. The highest BCUT2D eigenvalue weighted by molar-refractivity contribution is 6.01. The molecule has 2 heterocycles. The van der Waals surface area contributed by atoms with Gasteiger partial charge in [0.1, 0.15) is 35.5 Å². The van der Waals surface area contributed by atoms with Gasteiger partial charge in [0, 0.05) is 19.2 Å². The summed E-state index contributed by atoms with van der Waals surface area (Å²) < 4.78 is 16.8. The van der Waals surface area contributed by atoms with Gasteiger partial charge in [0.15, 0.2) is 0 Å². The molecule has 1 saturated heterocycles. The number of rotatable bonds is 7. The molecule has 1 fully saturated rings. The zero-order valence-electron chi connectivity index (χ0n) is 15.2. The minimum Gasteiger partial charge on any atom is -0.485 e. The van der Waals surface area contributed by atoms with Gasteiger partial charge >= 0.3 is 0 Å². The molecule has 0 radical (unpaired) electrons. The first kappa shape index (κ1) is 18.7. The summed E-state index contributed by atoms with van der Waals surface area (Å²) in [7, 11) is 0. The van der Waals surface area contributed by atoms with Gasteiger partial charge in [-0.15, -0.1) is 0 Å². The second-order valence-electron chi connectivity index (χ2n) is 6.37. The molecule has 140 valence electrons. The summed E-state index contributed by atoms with van der Waals surface area (Å²) in [6.45, 7) is 3.37. The molecule has 0 aliphatic carbocycles. The lowest BCUT2D eigenvalue weighted by Crippen LogP contribution is -2.32. The zero-order chi connectivity index (χ0) is 19.1. The Kier molecular flexibility index (Phi) is 6.29. The number of hydrogen-bond acceptors (Lipinski definition) is 5. The molecule has 1 aromatic carbocycles. The first-order valence-electron chi connectivity index (χ1n) is 8.94. The predicted octanol–water partition coefficient (Wildman–Crippen LogP) is 3.37. The van der Waals surface area contributed by atoms with Crippen LogP contribution in [-0.2, 0) is 16.1 Å². The summed E-state index contributed by atoms with van der Waals surface area (Å²) in [5, 5.41) is 12.0. The summed E-state index contributed by atoms with van der Waals surface area (Å²) in [6.07, 6.45) is 3.39. The molecule has 1 unspecified atom stereocenters. The van der Waals surface area contributed by atoms with Crippen LogP contribution in [0.15, 0.2) is 46.4 Å². The smallest absolute Gasteiger partial charge is 0.262 e. The first-order valence-corrected chi connectivity index (χ1v) is 8.94. The van der Waals surface area contributed by atoms with Gasteiger partial charge in [-0.25, -0.2) is 0 Å². The molecule has 0 bridgehead atoms. The number of carbonyl (C=O) groups is 1. The van der Waals surface area contributed by atoms with Crippen molar-refractivity contribution >= 4 is 12.0 Å². The van der Waals surface area contributed by atoms with Crippen LogP contribution in [0.25, 0.3) is 6.08 Å². The van der Waals surface area contributed by atoms with Gasteiger partial charge in [-0.3, -0.25) is 4.79 Å². The second kappa shape index (κ2) is 9.06. The fourth-order valence-electron chi connectivity index (χ4n) is 2.81. The van der Waals surface area contributed by atoms with E-state index >= 15 is 0 Å². The van der Waals surface area contributed by atoms with E-state index in [0.29, 0.717) is 18.1 Å². The molecule has 0 spiro atoms. The van der Waals surface area contributed by atoms with Crippen molar-refractivity contribution in [1.82, 2.24) is 5.32 Å². The Morgan fingerprint density at radius 1 is 1.37 bits per heavy atom. The third-order valence-corrected chi connectivity index (χ3v) is 4.31. The SMILES string of the molecule is Cc1ccccc1OCc1ccc(/C=C(\C#N)C(=O)NCC2CCCO2)o1. The van der Waals surface area contributed by atoms with Crippen LogP contribution in [0, 0.1) is 18.3 Å². The van der Waals surface area contributed by atoms with Gasteiger partial charge in [-0.2, -0.15) is 5.26 Å². The Morgan fingerprint density at radius 2 is 2.22 bits per heavy atom. The first-order chi connectivity index (χ1) is 13.2. The fourth-order valence-corrected chi connectivity index (χ4v) is 2.81. The average molecular weight is 366 g/mol. The highest BCUT2D eigenvalue weighted by Gasteiger charge is 2.18. The van der Waals surface area contributed by atoms with Crippen molar-refractivity contribution in [1.29, 1.82) is 5.26 Å². The summed E-state index contributed by atoms with van der Waals surface area (Å²) in [6, 6.07) is 13.1. The molecule has 1 aliphatic heterocycles. The molecule has 6 heteroatoms. The molecule has 1 aliphatic rings. The van der Waals surface area contributed by atoms with Crippen molar-refractivity contribution in [3.05, 3.63) is 59.1 Å². The fraction of sp³-hybridized carbons (Fsp3) is 0.333. The number of benzene rings is 1. The highest BCUT2D eigenvalue weighted by Crippen LogP contribution is 2.19. The third-order valence-electron chi connectivity index (χ3n) is 4.31. The molecule has 2 aromatic rings. The molecule has 0 saturated carbocycles. The van der Waals surface area contributed by atoms with E-state index in [2.05, 4.69) is 5.32 Å². The standard InChI is InChI=1S/C21H22N2O4/c1-15-5-2-3-7-20(15)26-14-19-9-8-17(27-19)11-16(12-22)21(24)23-13-18-6-4-10-25-18/h2-3,5,7-9,11,18H,4,6,10,13-14H2,1H3,(H,23,24)/b16-11+. The van der Waals surface area contributed by atoms with Crippen molar-refractivity contribution in [2.24, 2.45) is 0 Å². The van der Waals surface area contributed by atoms with Gasteiger partial charge in [0.05, 0.1) is 6.10 Å². The van der Waals surface area contributed by atoms with Crippen molar-refractivity contribution in [3.63, 3.8) is 0 Å². The number of carbonyl (C=O) groups excluding carboxylic acids is 1. The largest absolute Gasteiger partial charge is 0.485 e. The van der Waals surface area contributed by atoms with E-state index in [0.717, 1.165) is 30.8 Å². The quantitative estimate of drug-likeness (QED) is 0.600. The molecular formula is C21H22N2O4. The van der Waals surface area contributed by atoms with E-state index in [-0.39, 0.29) is 18.3 Å². The van der Waals surface area contributed by atoms with Gasteiger partial charge < -0.3 is 19.2 Å². The Balaban J connectivity index is 1.57. The Morgan fingerprint density at radius 3 is 2.96 bits per heavy atom. The van der Waals surface area contributed by atoms with Crippen LogP contribution in [0.4, 0.5) is 0 Å². The number of ether oxygens (including phenoxy) is 2. The lowest BCUT2D eigenvalue weighted by Gasteiger charge is -2.09. The summed E-state index contributed by atoms with van der Waals surface area (Å²) >= 11 is 0. The maximum absolute atomic E-state index is 12.2.